The highest BCUT2D eigenvalue weighted by molar-refractivity contribution is 5.91. The average molecular weight is 472 g/mol. The van der Waals surface area contributed by atoms with Crippen molar-refractivity contribution in [1.29, 1.82) is 0 Å². The molecule has 0 radical (unpaired) electrons. The molecule has 8 nitrogen and oxygen atoms in total. The van der Waals surface area contributed by atoms with Gasteiger partial charge in [0.1, 0.15) is 5.82 Å². The molecular weight excluding hydrogens is 438 g/mol. The minimum absolute atomic E-state index is 0.00846. The van der Waals surface area contributed by atoms with Crippen molar-refractivity contribution >= 4 is 22.6 Å². The zero-order valence-electron chi connectivity index (χ0n) is 21.0. The predicted molar refractivity (Wildman–Crippen MR) is 137 cm³/mol. The van der Waals surface area contributed by atoms with Crippen LogP contribution in [0.25, 0.3) is 22.4 Å². The molecular formula is C27H33N7O. The van der Waals surface area contributed by atoms with Crippen molar-refractivity contribution in [3.63, 3.8) is 0 Å². The van der Waals surface area contributed by atoms with E-state index in [0.717, 1.165) is 70.1 Å². The standard InChI is InChI=1S/C27H33N7O/c1-17(2)34-27-23(16-28-34)18(3)22(19(4)29-27)13-14-25(35)30-21-11-9-20(10-12-21)26-32-31-24-8-6-5-7-15-33(24)26/h9-12,16-17H,5-8,13-15H2,1-4H3,(H,30,35). The summed E-state index contributed by atoms with van der Waals surface area (Å²) in [7, 11) is 0. The lowest BCUT2D eigenvalue weighted by Gasteiger charge is -2.13. The van der Waals surface area contributed by atoms with E-state index < -0.39 is 0 Å². The number of carbonyl (C=O) groups is 1. The van der Waals surface area contributed by atoms with Gasteiger partial charge in [0.05, 0.1) is 6.20 Å². The number of aromatic nitrogens is 6. The number of hydrogen-bond donors (Lipinski definition) is 1. The molecule has 1 aliphatic heterocycles. The molecule has 0 saturated carbocycles. The Morgan fingerprint density at radius 3 is 2.66 bits per heavy atom. The van der Waals surface area contributed by atoms with Gasteiger partial charge in [-0.05, 0) is 82.3 Å². The van der Waals surface area contributed by atoms with Crippen LogP contribution in [-0.2, 0) is 24.2 Å². The molecule has 0 spiro atoms. The minimum Gasteiger partial charge on any atom is -0.326 e. The molecule has 0 aliphatic carbocycles. The molecule has 8 heteroatoms. The number of nitrogens with zero attached hydrogens (tertiary/aromatic N) is 6. The zero-order valence-corrected chi connectivity index (χ0v) is 21.0. The number of pyridine rings is 1. The summed E-state index contributed by atoms with van der Waals surface area (Å²) in [5.74, 6) is 1.98. The molecule has 4 aromatic rings. The number of anilines is 1. The molecule has 182 valence electrons. The summed E-state index contributed by atoms with van der Waals surface area (Å²) >= 11 is 0. The third kappa shape index (κ3) is 4.57. The number of benzene rings is 1. The maximum atomic E-state index is 12.7. The number of carbonyl (C=O) groups excluding carboxylic acids is 1. The summed E-state index contributed by atoms with van der Waals surface area (Å²) in [6, 6.07) is 8.15. The van der Waals surface area contributed by atoms with Crippen LogP contribution in [-0.4, -0.2) is 35.4 Å². The highest BCUT2D eigenvalue weighted by Crippen LogP contribution is 2.26. The maximum Gasteiger partial charge on any atom is 0.224 e. The zero-order chi connectivity index (χ0) is 24.5. The highest BCUT2D eigenvalue weighted by Gasteiger charge is 2.17. The van der Waals surface area contributed by atoms with Crippen molar-refractivity contribution in [2.75, 3.05) is 5.32 Å². The Hall–Kier alpha value is -3.55. The highest BCUT2D eigenvalue weighted by atomic mass is 16.1. The molecule has 0 atom stereocenters. The fourth-order valence-corrected chi connectivity index (χ4v) is 5.00. The van der Waals surface area contributed by atoms with Crippen molar-refractivity contribution in [1.82, 2.24) is 29.5 Å². The van der Waals surface area contributed by atoms with Crippen LogP contribution in [0, 0.1) is 13.8 Å². The Bertz CT molecular complexity index is 1360. The fraction of sp³-hybridized carbons (Fsp3) is 0.444. The minimum atomic E-state index is -0.00846. The molecule has 0 saturated heterocycles. The van der Waals surface area contributed by atoms with E-state index in [0.29, 0.717) is 12.8 Å². The number of amides is 1. The second kappa shape index (κ2) is 9.60. The van der Waals surface area contributed by atoms with Gasteiger partial charge in [-0.3, -0.25) is 4.79 Å². The Labute approximate surface area is 205 Å². The van der Waals surface area contributed by atoms with Crippen LogP contribution in [0.5, 0.6) is 0 Å². The van der Waals surface area contributed by atoms with Gasteiger partial charge < -0.3 is 9.88 Å². The Balaban J connectivity index is 1.25. The Morgan fingerprint density at radius 2 is 1.89 bits per heavy atom. The van der Waals surface area contributed by atoms with E-state index in [1.54, 1.807) is 0 Å². The topological polar surface area (TPSA) is 90.5 Å². The largest absolute Gasteiger partial charge is 0.326 e. The summed E-state index contributed by atoms with van der Waals surface area (Å²) in [5.41, 5.74) is 5.96. The van der Waals surface area contributed by atoms with E-state index in [1.807, 2.05) is 42.1 Å². The van der Waals surface area contributed by atoms with Gasteiger partial charge in [0.25, 0.3) is 0 Å². The number of nitrogens with one attached hydrogen (secondary N) is 1. The first-order chi connectivity index (χ1) is 16.9. The smallest absolute Gasteiger partial charge is 0.224 e. The molecule has 5 rings (SSSR count). The fourth-order valence-electron chi connectivity index (χ4n) is 5.00. The number of fused-ring (bicyclic) bond motifs is 2. The lowest BCUT2D eigenvalue weighted by molar-refractivity contribution is -0.116. The normalized spacial score (nSPS) is 13.7. The molecule has 0 bridgehead atoms. The molecule has 1 aromatic carbocycles. The van der Waals surface area contributed by atoms with Crippen LogP contribution in [0.4, 0.5) is 5.69 Å². The van der Waals surface area contributed by atoms with Gasteiger partial charge in [0, 0.05) is 47.8 Å². The van der Waals surface area contributed by atoms with Crippen molar-refractivity contribution in [3.8, 4) is 11.4 Å². The van der Waals surface area contributed by atoms with Gasteiger partial charge in [-0.15, -0.1) is 10.2 Å². The first-order valence-corrected chi connectivity index (χ1v) is 12.6. The second-order valence-electron chi connectivity index (χ2n) is 9.75. The quantitative estimate of drug-likeness (QED) is 0.418. The molecule has 3 aromatic heterocycles. The lowest BCUT2D eigenvalue weighted by Crippen LogP contribution is -2.13. The third-order valence-corrected chi connectivity index (χ3v) is 6.96. The average Bonchev–Trinajstić information content (AvgIpc) is 3.36. The summed E-state index contributed by atoms with van der Waals surface area (Å²) in [6.07, 6.45) is 7.48. The van der Waals surface area contributed by atoms with E-state index in [4.69, 9.17) is 4.98 Å². The number of rotatable bonds is 6. The number of hydrogen-bond acceptors (Lipinski definition) is 5. The van der Waals surface area contributed by atoms with Gasteiger partial charge in [-0.25, -0.2) is 9.67 Å². The van der Waals surface area contributed by atoms with Gasteiger partial charge in [0.15, 0.2) is 11.5 Å². The SMILES string of the molecule is Cc1nc2c(cnn2C(C)C)c(C)c1CCC(=O)Nc1ccc(-c2nnc3n2CCCCC3)cc1. The van der Waals surface area contributed by atoms with E-state index in [2.05, 4.69) is 46.0 Å². The monoisotopic (exact) mass is 471 g/mol. The van der Waals surface area contributed by atoms with Crippen molar-refractivity contribution in [3.05, 3.63) is 53.1 Å². The Kier molecular flexibility index (Phi) is 6.36. The van der Waals surface area contributed by atoms with Crippen LogP contribution >= 0.6 is 0 Å². The van der Waals surface area contributed by atoms with Crippen LogP contribution in [0.15, 0.2) is 30.5 Å². The molecule has 0 fully saturated rings. The van der Waals surface area contributed by atoms with Crippen LogP contribution in [0.3, 0.4) is 0 Å². The molecule has 1 aliphatic rings. The van der Waals surface area contributed by atoms with Crippen molar-refractivity contribution < 1.29 is 4.79 Å². The Morgan fingerprint density at radius 1 is 1.09 bits per heavy atom. The van der Waals surface area contributed by atoms with E-state index in [-0.39, 0.29) is 11.9 Å². The van der Waals surface area contributed by atoms with Gasteiger partial charge in [-0.2, -0.15) is 5.10 Å². The van der Waals surface area contributed by atoms with Crippen LogP contribution in [0.1, 0.15) is 68.2 Å². The molecule has 0 unspecified atom stereocenters. The van der Waals surface area contributed by atoms with E-state index in [9.17, 15) is 4.79 Å². The van der Waals surface area contributed by atoms with Crippen molar-refractivity contribution in [2.24, 2.45) is 0 Å². The summed E-state index contributed by atoms with van der Waals surface area (Å²) in [5, 5.41) is 17.4. The summed E-state index contributed by atoms with van der Waals surface area (Å²) in [4.78, 5) is 17.5. The van der Waals surface area contributed by atoms with Crippen molar-refractivity contribution in [2.45, 2.75) is 78.8 Å². The van der Waals surface area contributed by atoms with Gasteiger partial charge in [0.2, 0.25) is 5.91 Å². The van der Waals surface area contributed by atoms with Crippen LogP contribution in [0.2, 0.25) is 0 Å². The molecule has 4 heterocycles. The molecule has 1 N–H and O–H groups in total. The maximum absolute atomic E-state index is 12.7. The molecule has 1 amide bonds. The number of aryl methyl sites for hydroxylation is 3. The summed E-state index contributed by atoms with van der Waals surface area (Å²) < 4.78 is 4.19. The third-order valence-electron chi connectivity index (χ3n) is 6.96. The first kappa shape index (κ1) is 23.2. The van der Waals surface area contributed by atoms with Gasteiger partial charge >= 0.3 is 0 Å². The van der Waals surface area contributed by atoms with E-state index in [1.165, 1.54) is 12.8 Å². The second-order valence-corrected chi connectivity index (χ2v) is 9.75. The van der Waals surface area contributed by atoms with Crippen LogP contribution < -0.4 is 5.32 Å². The predicted octanol–water partition coefficient (Wildman–Crippen LogP) is 5.19. The lowest BCUT2D eigenvalue weighted by atomic mass is 10.0. The molecule has 35 heavy (non-hydrogen) atoms. The van der Waals surface area contributed by atoms with Gasteiger partial charge in [-0.1, -0.05) is 6.42 Å². The van der Waals surface area contributed by atoms with E-state index >= 15 is 0 Å². The first-order valence-electron chi connectivity index (χ1n) is 12.6. The summed E-state index contributed by atoms with van der Waals surface area (Å²) in [6.45, 7) is 9.28.